The maximum Gasteiger partial charge on any atom is 0.338 e. The molecular weight excluding hydrogens is 252 g/mol. The molecule has 1 aromatic carbocycles. The van der Waals surface area contributed by atoms with Crippen molar-refractivity contribution in [2.75, 3.05) is 6.54 Å². The van der Waals surface area contributed by atoms with Crippen molar-refractivity contribution in [3.63, 3.8) is 0 Å². The lowest BCUT2D eigenvalue weighted by Crippen LogP contribution is -2.76. The molecule has 0 spiro atoms. The Balaban J connectivity index is 2.55. The molecule has 0 radical (unpaired) electrons. The summed E-state index contributed by atoms with van der Waals surface area (Å²) in [7, 11) is 0. The number of piperazine rings is 1. The predicted molar refractivity (Wildman–Crippen MR) is 79.6 cm³/mol. The van der Waals surface area contributed by atoms with Gasteiger partial charge in [0.15, 0.2) is 5.54 Å². The summed E-state index contributed by atoms with van der Waals surface area (Å²) in [5.41, 5.74) is -0.503. The van der Waals surface area contributed by atoms with Gasteiger partial charge >= 0.3 is 5.91 Å². The molecule has 1 N–H and O–H groups in total. The van der Waals surface area contributed by atoms with Crippen LogP contribution in [0.15, 0.2) is 30.3 Å². The highest BCUT2D eigenvalue weighted by Gasteiger charge is 2.55. The van der Waals surface area contributed by atoms with Crippen LogP contribution in [0.3, 0.4) is 0 Å². The van der Waals surface area contributed by atoms with Gasteiger partial charge in [-0.15, -0.1) is 0 Å². The summed E-state index contributed by atoms with van der Waals surface area (Å²) < 4.78 is -0.786. The molecule has 20 heavy (non-hydrogen) atoms. The van der Waals surface area contributed by atoms with Crippen molar-refractivity contribution in [2.24, 2.45) is 0 Å². The molecule has 1 aliphatic rings. The van der Waals surface area contributed by atoms with Crippen molar-refractivity contribution in [3.8, 4) is 0 Å². The fourth-order valence-corrected chi connectivity index (χ4v) is 3.19. The molecule has 2 atom stereocenters. The Hall–Kier alpha value is -1.23. The summed E-state index contributed by atoms with van der Waals surface area (Å²) in [4.78, 5) is 12.9. The first kappa shape index (κ1) is 15.2. The molecule has 1 aliphatic heterocycles. The highest BCUT2D eigenvalue weighted by molar-refractivity contribution is 5.83. The first-order valence-electron chi connectivity index (χ1n) is 7.10. The van der Waals surface area contributed by atoms with Crippen LogP contribution in [0.1, 0.15) is 40.2 Å². The van der Waals surface area contributed by atoms with Crippen LogP contribution in [-0.2, 0) is 10.3 Å². The van der Waals surface area contributed by atoms with Gasteiger partial charge in [-0.3, -0.25) is 9.96 Å². The van der Waals surface area contributed by atoms with Crippen molar-refractivity contribution in [2.45, 2.75) is 51.7 Å². The minimum Gasteiger partial charge on any atom is -0.625 e. The molecule has 1 saturated heterocycles. The summed E-state index contributed by atoms with van der Waals surface area (Å²) in [5, 5.41) is 16.5. The van der Waals surface area contributed by atoms with E-state index in [0.29, 0.717) is 0 Å². The van der Waals surface area contributed by atoms with E-state index in [0.717, 1.165) is 5.56 Å². The van der Waals surface area contributed by atoms with Gasteiger partial charge in [-0.25, -0.2) is 4.79 Å². The third-order valence-corrected chi connectivity index (χ3v) is 4.18. The monoisotopic (exact) mass is 276 g/mol. The molecule has 1 amide bonds. The van der Waals surface area contributed by atoms with Gasteiger partial charge in [0.2, 0.25) is 0 Å². The van der Waals surface area contributed by atoms with E-state index in [1.54, 1.807) is 0 Å². The van der Waals surface area contributed by atoms with Crippen molar-refractivity contribution >= 4 is 5.91 Å². The second-order valence-electron chi connectivity index (χ2n) is 6.85. The molecular formula is C16H24N2O2. The Bertz CT molecular complexity index is 512. The lowest BCUT2D eigenvalue weighted by molar-refractivity contribution is -0.838. The van der Waals surface area contributed by atoms with Gasteiger partial charge in [-0.05, 0) is 40.2 Å². The zero-order valence-corrected chi connectivity index (χ0v) is 12.9. The Morgan fingerprint density at radius 3 is 2.25 bits per heavy atom. The van der Waals surface area contributed by atoms with Crippen molar-refractivity contribution in [1.82, 2.24) is 5.32 Å². The minimum atomic E-state index is -0.949. The number of nitrogens with zero attached hydrogens (tertiary/aromatic N) is 1. The van der Waals surface area contributed by atoms with Crippen LogP contribution in [0.25, 0.3) is 0 Å². The van der Waals surface area contributed by atoms with Crippen LogP contribution in [0.4, 0.5) is 0 Å². The third kappa shape index (κ3) is 2.28. The number of quaternary nitrogens is 1. The molecule has 0 bridgehead atoms. The van der Waals surface area contributed by atoms with E-state index in [2.05, 4.69) is 5.32 Å². The van der Waals surface area contributed by atoms with Crippen molar-refractivity contribution < 1.29 is 9.44 Å². The quantitative estimate of drug-likeness (QED) is 0.667. The Kier molecular flexibility index (Phi) is 3.53. The number of rotatable bonds is 2. The second kappa shape index (κ2) is 4.65. The highest BCUT2D eigenvalue weighted by Crippen LogP contribution is 2.36. The molecule has 0 aliphatic carbocycles. The molecule has 0 aromatic heterocycles. The molecule has 110 valence electrons. The number of carbonyl (C=O) groups is 1. The molecule has 4 heteroatoms. The van der Waals surface area contributed by atoms with E-state index < -0.39 is 15.7 Å². The molecule has 2 unspecified atom stereocenters. The molecule has 1 aromatic rings. The Labute approximate surface area is 121 Å². The predicted octanol–water partition coefficient (Wildman–Crippen LogP) is 2.53. The lowest BCUT2D eigenvalue weighted by Gasteiger charge is -2.57. The number of hydrogen-bond acceptors (Lipinski definition) is 3. The highest BCUT2D eigenvalue weighted by atomic mass is 16.6. The van der Waals surface area contributed by atoms with Crippen molar-refractivity contribution in [1.29, 1.82) is 0 Å². The van der Waals surface area contributed by atoms with Gasteiger partial charge in [0.1, 0.15) is 6.54 Å². The SMILES string of the molecule is CC(C)[N+]1([O-])CC(C)(C)NC(C)(c2ccccc2)C1=O. The summed E-state index contributed by atoms with van der Waals surface area (Å²) in [6, 6.07) is 9.21. The van der Waals surface area contributed by atoms with Crippen molar-refractivity contribution in [3.05, 3.63) is 41.1 Å². The largest absolute Gasteiger partial charge is 0.625 e. The van der Waals surface area contributed by atoms with E-state index in [-0.39, 0.29) is 18.5 Å². The standard InChI is InChI=1S/C16H24N2O2/c1-12(2)18(20)11-15(3,4)17-16(5,14(18)19)13-9-7-6-8-10-13/h6-10,12,17H,11H2,1-5H3. The zero-order chi connectivity index (χ0) is 15.2. The normalized spacial score (nSPS) is 33.5. The van der Waals surface area contributed by atoms with Crippen LogP contribution in [0.2, 0.25) is 0 Å². The van der Waals surface area contributed by atoms with E-state index >= 15 is 0 Å². The first-order valence-corrected chi connectivity index (χ1v) is 7.10. The number of hydroxylamine groups is 3. The summed E-state index contributed by atoms with van der Waals surface area (Å²) in [5.74, 6) is -0.307. The van der Waals surface area contributed by atoms with Crippen LogP contribution < -0.4 is 5.32 Å². The van der Waals surface area contributed by atoms with Gasteiger partial charge in [0.05, 0.1) is 11.6 Å². The second-order valence-corrected chi connectivity index (χ2v) is 6.85. The lowest BCUT2D eigenvalue weighted by atomic mass is 9.82. The van der Waals surface area contributed by atoms with Crippen LogP contribution in [-0.4, -0.2) is 28.7 Å². The number of carbonyl (C=O) groups excluding carboxylic acids is 1. The first-order chi connectivity index (χ1) is 9.12. The van der Waals surface area contributed by atoms with Gasteiger partial charge in [0, 0.05) is 0 Å². The zero-order valence-electron chi connectivity index (χ0n) is 12.9. The van der Waals surface area contributed by atoms with Crippen LogP contribution in [0.5, 0.6) is 0 Å². The van der Waals surface area contributed by atoms with E-state index in [1.165, 1.54) is 0 Å². The molecule has 0 saturated carbocycles. The van der Waals surface area contributed by atoms with Gasteiger partial charge in [0.25, 0.3) is 0 Å². The smallest absolute Gasteiger partial charge is 0.338 e. The Morgan fingerprint density at radius 2 is 1.75 bits per heavy atom. The molecule has 2 rings (SSSR count). The van der Waals surface area contributed by atoms with Gasteiger partial charge in [-0.2, -0.15) is 0 Å². The topological polar surface area (TPSA) is 52.2 Å². The van der Waals surface area contributed by atoms with E-state index in [9.17, 15) is 10.0 Å². The molecule has 4 nitrogen and oxygen atoms in total. The van der Waals surface area contributed by atoms with E-state index in [4.69, 9.17) is 0 Å². The maximum absolute atomic E-state index is 13.1. The molecule has 1 heterocycles. The number of hydrogen-bond donors (Lipinski definition) is 1. The number of nitrogens with one attached hydrogen (secondary N) is 1. The Morgan fingerprint density at radius 1 is 1.20 bits per heavy atom. The fraction of sp³-hybridized carbons (Fsp3) is 0.562. The van der Waals surface area contributed by atoms with E-state index in [1.807, 2.05) is 65.0 Å². The summed E-state index contributed by atoms with van der Waals surface area (Å²) in [6.45, 7) is 9.67. The number of amides is 1. The third-order valence-electron chi connectivity index (χ3n) is 4.18. The average molecular weight is 276 g/mol. The summed E-state index contributed by atoms with van der Waals surface area (Å²) >= 11 is 0. The van der Waals surface area contributed by atoms with Gasteiger partial charge in [-0.1, -0.05) is 30.3 Å². The van der Waals surface area contributed by atoms with Gasteiger partial charge < -0.3 is 5.21 Å². The fourth-order valence-electron chi connectivity index (χ4n) is 3.19. The summed E-state index contributed by atoms with van der Waals surface area (Å²) in [6.07, 6.45) is 0. The maximum atomic E-state index is 13.1. The minimum absolute atomic E-state index is 0.256. The van der Waals surface area contributed by atoms with Crippen LogP contribution in [0, 0.1) is 5.21 Å². The van der Waals surface area contributed by atoms with Crippen LogP contribution >= 0.6 is 0 Å². The average Bonchev–Trinajstić information content (AvgIpc) is 2.36. The number of benzene rings is 1. The molecule has 1 fully saturated rings.